The number of methoxy groups -OCH3 is 1. The maximum Gasteiger partial charge on any atom is 0.387 e. The third kappa shape index (κ3) is 3.52. The molecule has 4 aliphatic carbocycles. The normalized spacial score (nSPS) is 31.1. The number of nitrogens with one attached hydrogen (secondary N) is 1. The Kier molecular flexibility index (Phi) is 4.84. The number of aromatic nitrogens is 3. The van der Waals surface area contributed by atoms with Crippen molar-refractivity contribution in [3.05, 3.63) is 29.8 Å². The van der Waals surface area contributed by atoms with E-state index in [0.717, 1.165) is 32.1 Å². The number of alkyl halides is 2. The second-order valence-electron chi connectivity index (χ2n) is 9.12. The van der Waals surface area contributed by atoms with Crippen molar-refractivity contribution in [1.29, 1.82) is 0 Å². The van der Waals surface area contributed by atoms with E-state index in [2.05, 4.69) is 20.1 Å². The molecule has 4 bridgehead atoms. The largest absolute Gasteiger partial charge is 0.493 e. The molecule has 4 atom stereocenters. The van der Waals surface area contributed by atoms with E-state index in [0.29, 0.717) is 23.9 Å². The van der Waals surface area contributed by atoms with E-state index in [-0.39, 0.29) is 28.2 Å². The summed E-state index contributed by atoms with van der Waals surface area (Å²) >= 11 is 5.99. The lowest BCUT2D eigenvalue weighted by Gasteiger charge is -2.60. The standard InChI is InChI=1S/C21H23ClF2N4O3/c1-30-16-5-14(2-3-15(16)31-19(23)24)26-17(29)20-6-12-4-13(7-20)9-21(8-12,10-20)28-11-25-18(22)27-28/h2-3,5,11-13,19H,4,6-10H2,1H3,(H,26,29)/t12-,13+,20?,21?. The minimum Gasteiger partial charge on any atom is -0.493 e. The first-order chi connectivity index (χ1) is 14.8. The molecule has 1 N–H and O–H groups in total. The highest BCUT2D eigenvalue weighted by Gasteiger charge is 2.61. The highest BCUT2D eigenvalue weighted by molar-refractivity contribution is 6.28. The second kappa shape index (κ2) is 7.32. The van der Waals surface area contributed by atoms with Gasteiger partial charge >= 0.3 is 6.61 Å². The van der Waals surface area contributed by atoms with Gasteiger partial charge in [0.15, 0.2) is 11.5 Å². The number of nitrogens with zero attached hydrogens (tertiary/aromatic N) is 3. The summed E-state index contributed by atoms with van der Waals surface area (Å²) in [6.45, 7) is -2.96. The monoisotopic (exact) mass is 452 g/mol. The molecule has 0 spiro atoms. The Balaban J connectivity index is 1.40. The molecule has 10 heteroatoms. The van der Waals surface area contributed by atoms with Gasteiger partial charge in [0.2, 0.25) is 11.2 Å². The zero-order valence-corrected chi connectivity index (χ0v) is 17.7. The smallest absolute Gasteiger partial charge is 0.387 e. The van der Waals surface area contributed by atoms with Crippen molar-refractivity contribution in [3.8, 4) is 11.5 Å². The average molecular weight is 453 g/mol. The van der Waals surface area contributed by atoms with Crippen LogP contribution in [0, 0.1) is 17.3 Å². The number of rotatable bonds is 6. The van der Waals surface area contributed by atoms with Crippen molar-refractivity contribution in [2.75, 3.05) is 12.4 Å². The summed E-state index contributed by atoms with van der Waals surface area (Å²) in [5, 5.41) is 7.59. The number of halogens is 3. The molecule has 166 valence electrons. The molecular weight excluding hydrogens is 430 g/mol. The van der Waals surface area contributed by atoms with Crippen LogP contribution in [0.1, 0.15) is 38.5 Å². The minimum atomic E-state index is -2.96. The molecule has 4 aliphatic rings. The molecule has 1 heterocycles. The third-order valence-electron chi connectivity index (χ3n) is 7.10. The Hall–Kier alpha value is -2.42. The quantitative estimate of drug-likeness (QED) is 0.699. The van der Waals surface area contributed by atoms with E-state index in [9.17, 15) is 13.6 Å². The van der Waals surface area contributed by atoms with Crippen molar-refractivity contribution < 1.29 is 23.0 Å². The number of amides is 1. The molecule has 2 unspecified atom stereocenters. The number of hydrogen-bond donors (Lipinski definition) is 1. The van der Waals surface area contributed by atoms with E-state index in [4.69, 9.17) is 16.3 Å². The van der Waals surface area contributed by atoms with Gasteiger partial charge in [0.25, 0.3) is 0 Å². The molecule has 7 nitrogen and oxygen atoms in total. The fourth-order valence-corrected chi connectivity index (χ4v) is 6.55. The van der Waals surface area contributed by atoms with Crippen LogP contribution in [0.25, 0.3) is 0 Å². The average Bonchev–Trinajstić information content (AvgIpc) is 3.15. The van der Waals surface area contributed by atoms with E-state index in [1.807, 2.05) is 4.68 Å². The lowest BCUT2D eigenvalue weighted by Crippen LogP contribution is -2.60. The molecule has 0 radical (unpaired) electrons. The van der Waals surface area contributed by atoms with E-state index in [1.165, 1.54) is 19.2 Å². The molecule has 4 fully saturated rings. The zero-order valence-electron chi connectivity index (χ0n) is 17.0. The third-order valence-corrected chi connectivity index (χ3v) is 7.27. The number of carbonyl (C=O) groups excluding carboxylic acids is 1. The summed E-state index contributed by atoms with van der Waals surface area (Å²) in [6.07, 6.45) is 7.12. The second-order valence-corrected chi connectivity index (χ2v) is 9.46. The molecule has 1 aromatic heterocycles. The summed E-state index contributed by atoms with van der Waals surface area (Å²) in [5.41, 5.74) is -0.265. The van der Waals surface area contributed by atoms with Gasteiger partial charge in [-0.3, -0.25) is 4.79 Å². The van der Waals surface area contributed by atoms with Crippen LogP contribution in [-0.4, -0.2) is 34.4 Å². The van der Waals surface area contributed by atoms with Gasteiger partial charge in [0, 0.05) is 11.8 Å². The van der Waals surface area contributed by atoms with Crippen LogP contribution in [0.15, 0.2) is 24.5 Å². The van der Waals surface area contributed by atoms with Crippen molar-refractivity contribution in [2.24, 2.45) is 17.3 Å². The number of anilines is 1. The maximum absolute atomic E-state index is 13.5. The van der Waals surface area contributed by atoms with Crippen LogP contribution in [0.5, 0.6) is 11.5 Å². The number of ether oxygens (including phenoxy) is 2. The zero-order chi connectivity index (χ0) is 21.8. The molecule has 1 aromatic carbocycles. The number of hydrogen-bond acceptors (Lipinski definition) is 5. The van der Waals surface area contributed by atoms with Crippen molar-refractivity contribution in [2.45, 2.75) is 50.7 Å². The van der Waals surface area contributed by atoms with Gasteiger partial charge in [0.05, 0.1) is 18.1 Å². The van der Waals surface area contributed by atoms with Crippen molar-refractivity contribution >= 4 is 23.2 Å². The molecule has 2 aromatic rings. The molecule has 0 saturated heterocycles. The highest BCUT2D eigenvalue weighted by atomic mass is 35.5. The first kappa shape index (κ1) is 20.5. The van der Waals surface area contributed by atoms with Crippen LogP contribution in [0.3, 0.4) is 0 Å². The predicted molar refractivity (Wildman–Crippen MR) is 108 cm³/mol. The van der Waals surface area contributed by atoms with Crippen LogP contribution >= 0.6 is 11.6 Å². The summed E-state index contributed by atoms with van der Waals surface area (Å²) in [5.74, 6) is 0.907. The summed E-state index contributed by atoms with van der Waals surface area (Å²) < 4.78 is 36.6. The predicted octanol–water partition coefficient (Wildman–Crippen LogP) is 4.48. The highest BCUT2D eigenvalue weighted by Crippen LogP contribution is 2.64. The van der Waals surface area contributed by atoms with E-state index < -0.39 is 12.0 Å². The van der Waals surface area contributed by atoms with Crippen LogP contribution < -0.4 is 14.8 Å². The molecule has 31 heavy (non-hydrogen) atoms. The van der Waals surface area contributed by atoms with Crippen LogP contribution in [0.2, 0.25) is 5.28 Å². The SMILES string of the molecule is COc1cc(NC(=O)C23C[C@H]4C[C@@H](C2)CC(n2cnc(Cl)n2)(C4)C3)ccc1OC(F)F. The summed E-state index contributed by atoms with van der Waals surface area (Å²) in [4.78, 5) is 17.6. The van der Waals surface area contributed by atoms with Crippen molar-refractivity contribution in [1.82, 2.24) is 14.8 Å². The van der Waals surface area contributed by atoms with E-state index in [1.54, 1.807) is 12.4 Å². The minimum absolute atomic E-state index is 0.0539. The van der Waals surface area contributed by atoms with Gasteiger partial charge in [-0.25, -0.2) is 9.67 Å². The summed E-state index contributed by atoms with van der Waals surface area (Å²) in [7, 11) is 1.37. The maximum atomic E-state index is 13.5. The van der Waals surface area contributed by atoms with Gasteiger partial charge in [0.1, 0.15) is 6.33 Å². The van der Waals surface area contributed by atoms with Crippen LogP contribution in [-0.2, 0) is 10.3 Å². The Morgan fingerprint density at radius 3 is 2.61 bits per heavy atom. The van der Waals surface area contributed by atoms with E-state index >= 15 is 0 Å². The van der Waals surface area contributed by atoms with Crippen molar-refractivity contribution in [3.63, 3.8) is 0 Å². The molecular formula is C21H23ClF2N4O3. The lowest BCUT2D eigenvalue weighted by molar-refractivity contribution is -0.150. The topological polar surface area (TPSA) is 78.3 Å². The number of carbonyl (C=O) groups is 1. The number of benzene rings is 1. The van der Waals surface area contributed by atoms with Gasteiger partial charge in [-0.2, -0.15) is 8.78 Å². The van der Waals surface area contributed by atoms with Gasteiger partial charge < -0.3 is 14.8 Å². The molecule has 6 rings (SSSR count). The Labute approximate surface area is 183 Å². The molecule has 0 aliphatic heterocycles. The van der Waals surface area contributed by atoms with Gasteiger partial charge in [-0.05, 0) is 74.1 Å². The molecule has 4 saturated carbocycles. The Morgan fingerprint density at radius 1 is 1.26 bits per heavy atom. The first-order valence-corrected chi connectivity index (χ1v) is 10.7. The molecule has 1 amide bonds. The van der Waals surface area contributed by atoms with Gasteiger partial charge in [-0.1, -0.05) is 0 Å². The van der Waals surface area contributed by atoms with Gasteiger partial charge in [-0.15, -0.1) is 5.10 Å². The van der Waals surface area contributed by atoms with Crippen LogP contribution in [0.4, 0.5) is 14.5 Å². The fourth-order valence-electron chi connectivity index (χ4n) is 6.42. The Bertz CT molecular complexity index is 1000. The fraction of sp³-hybridized carbons (Fsp3) is 0.571. The first-order valence-electron chi connectivity index (χ1n) is 10.3. The Morgan fingerprint density at radius 2 is 2.00 bits per heavy atom. The summed E-state index contributed by atoms with van der Waals surface area (Å²) in [6, 6.07) is 4.42. The lowest BCUT2D eigenvalue weighted by atomic mass is 9.46.